The molecule has 106 valence electrons. The van der Waals surface area contributed by atoms with Crippen LogP contribution in [0.2, 0.25) is 0 Å². The molecule has 0 amide bonds. The Kier molecular flexibility index (Phi) is 4.58. The zero-order valence-electron chi connectivity index (χ0n) is 11.2. The van der Waals surface area contributed by atoms with Crippen molar-refractivity contribution in [1.82, 2.24) is 9.55 Å². The Balaban J connectivity index is 2.04. The lowest BCUT2D eigenvalue weighted by Crippen LogP contribution is -2.21. The van der Waals surface area contributed by atoms with Crippen molar-refractivity contribution in [2.45, 2.75) is 10.1 Å². The minimum atomic E-state index is -0.369. The van der Waals surface area contributed by atoms with E-state index in [1.54, 1.807) is 24.0 Å². The SMILES string of the molecule is Cn1ccnc1Sc1ccc(N/N=C(\C#N)C(=N)N)cc1. The molecule has 0 radical (unpaired) electrons. The second kappa shape index (κ2) is 6.58. The van der Waals surface area contributed by atoms with Crippen LogP contribution in [0.3, 0.4) is 0 Å². The lowest BCUT2D eigenvalue weighted by molar-refractivity contribution is 0.790. The number of benzene rings is 1. The van der Waals surface area contributed by atoms with Crippen molar-refractivity contribution < 1.29 is 0 Å². The molecule has 2 rings (SSSR count). The van der Waals surface area contributed by atoms with Crippen LogP contribution in [0.25, 0.3) is 0 Å². The second-order valence-corrected chi connectivity index (χ2v) is 5.09. The van der Waals surface area contributed by atoms with Crippen molar-refractivity contribution in [3.05, 3.63) is 36.7 Å². The number of nitriles is 1. The first-order valence-electron chi connectivity index (χ1n) is 5.93. The first kappa shape index (κ1) is 14.6. The fraction of sp³-hybridized carbons (Fsp3) is 0.0769. The van der Waals surface area contributed by atoms with Crippen molar-refractivity contribution >= 4 is 29.0 Å². The van der Waals surface area contributed by atoms with Gasteiger partial charge in [0.1, 0.15) is 6.07 Å². The van der Waals surface area contributed by atoms with Crippen molar-refractivity contribution in [3.63, 3.8) is 0 Å². The molecule has 0 bridgehead atoms. The smallest absolute Gasteiger partial charge is 0.201 e. The number of imidazole rings is 1. The Morgan fingerprint density at radius 3 is 2.71 bits per heavy atom. The lowest BCUT2D eigenvalue weighted by Gasteiger charge is -2.04. The quantitative estimate of drug-likeness (QED) is 0.442. The number of anilines is 1. The molecule has 0 fully saturated rings. The molecule has 0 saturated carbocycles. The molecule has 2 aromatic rings. The highest BCUT2D eigenvalue weighted by Gasteiger charge is 2.03. The van der Waals surface area contributed by atoms with E-state index in [2.05, 4.69) is 15.5 Å². The van der Waals surface area contributed by atoms with Crippen molar-refractivity contribution in [1.29, 1.82) is 10.7 Å². The molecule has 1 aromatic carbocycles. The Morgan fingerprint density at radius 2 is 2.19 bits per heavy atom. The molecule has 0 unspecified atom stereocenters. The van der Waals surface area contributed by atoms with Crippen LogP contribution >= 0.6 is 11.8 Å². The summed E-state index contributed by atoms with van der Waals surface area (Å²) in [5, 5.41) is 20.6. The standard InChI is InChI=1S/C13H13N7S/c1-20-7-6-17-13(20)21-10-4-2-9(3-5-10)18-19-11(8-14)12(15)16/h2-7,18H,1H3,(H3,15,16)/b19-11+. The average molecular weight is 299 g/mol. The number of rotatable bonds is 5. The highest BCUT2D eigenvalue weighted by Crippen LogP contribution is 2.26. The molecule has 0 aliphatic carbocycles. The molecule has 0 saturated heterocycles. The third-order valence-electron chi connectivity index (χ3n) is 2.50. The maximum Gasteiger partial charge on any atom is 0.201 e. The molecule has 0 aliphatic heterocycles. The van der Waals surface area contributed by atoms with Gasteiger partial charge in [0, 0.05) is 24.3 Å². The molecular weight excluding hydrogens is 286 g/mol. The van der Waals surface area contributed by atoms with E-state index in [0.29, 0.717) is 5.69 Å². The monoisotopic (exact) mass is 299 g/mol. The maximum atomic E-state index is 8.73. The predicted molar refractivity (Wildman–Crippen MR) is 82.4 cm³/mol. The lowest BCUT2D eigenvalue weighted by atomic mass is 10.3. The average Bonchev–Trinajstić information content (AvgIpc) is 2.86. The third kappa shape index (κ3) is 3.84. The van der Waals surface area contributed by atoms with E-state index in [1.165, 1.54) is 0 Å². The van der Waals surface area contributed by atoms with E-state index in [-0.39, 0.29) is 11.5 Å². The summed E-state index contributed by atoms with van der Waals surface area (Å²) in [5.74, 6) is -0.369. The fourth-order valence-corrected chi connectivity index (χ4v) is 2.22. The normalized spacial score (nSPS) is 11.0. The van der Waals surface area contributed by atoms with Gasteiger partial charge in [-0.05, 0) is 24.3 Å². The molecule has 4 N–H and O–H groups in total. The molecular formula is C13H13N7S. The number of aryl methyl sites for hydroxylation is 1. The van der Waals surface area contributed by atoms with Gasteiger partial charge in [-0.2, -0.15) is 10.4 Å². The summed E-state index contributed by atoms with van der Waals surface area (Å²) in [5.41, 5.74) is 8.44. The molecule has 8 heteroatoms. The number of nitrogens with zero attached hydrogens (tertiary/aromatic N) is 4. The third-order valence-corrected chi connectivity index (χ3v) is 3.58. The van der Waals surface area contributed by atoms with Gasteiger partial charge in [-0.1, -0.05) is 11.8 Å². The summed E-state index contributed by atoms with van der Waals surface area (Å²) in [6, 6.07) is 9.22. The van der Waals surface area contributed by atoms with Crippen LogP contribution in [0, 0.1) is 16.7 Å². The van der Waals surface area contributed by atoms with E-state index < -0.39 is 0 Å². The predicted octanol–water partition coefficient (Wildman–Crippen LogP) is 1.80. The molecule has 0 atom stereocenters. The number of aromatic nitrogens is 2. The van der Waals surface area contributed by atoms with Crippen molar-refractivity contribution in [2.24, 2.45) is 17.9 Å². The van der Waals surface area contributed by atoms with E-state index >= 15 is 0 Å². The van der Waals surface area contributed by atoms with Crippen molar-refractivity contribution in [3.8, 4) is 6.07 Å². The van der Waals surface area contributed by atoms with Gasteiger partial charge in [0.15, 0.2) is 11.0 Å². The Labute approximate surface area is 126 Å². The van der Waals surface area contributed by atoms with E-state index in [0.717, 1.165) is 10.1 Å². The van der Waals surface area contributed by atoms with E-state index in [4.69, 9.17) is 16.4 Å². The summed E-state index contributed by atoms with van der Waals surface area (Å²) in [6.07, 6.45) is 3.64. The van der Waals surface area contributed by atoms with Crippen LogP contribution in [0.5, 0.6) is 0 Å². The van der Waals surface area contributed by atoms with Crippen LogP contribution < -0.4 is 11.2 Å². The van der Waals surface area contributed by atoms with Gasteiger partial charge in [-0.3, -0.25) is 10.8 Å². The van der Waals surface area contributed by atoms with Gasteiger partial charge < -0.3 is 10.3 Å². The zero-order chi connectivity index (χ0) is 15.2. The molecule has 1 aromatic heterocycles. The number of nitrogens with one attached hydrogen (secondary N) is 2. The Hall–Kier alpha value is -2.79. The number of amidine groups is 1. The Morgan fingerprint density at radius 1 is 1.48 bits per heavy atom. The van der Waals surface area contributed by atoms with Gasteiger partial charge in [0.25, 0.3) is 0 Å². The molecule has 21 heavy (non-hydrogen) atoms. The van der Waals surface area contributed by atoms with Crippen molar-refractivity contribution in [2.75, 3.05) is 5.43 Å². The van der Waals surface area contributed by atoms with Gasteiger partial charge in [0.2, 0.25) is 5.71 Å². The van der Waals surface area contributed by atoms with Crippen LogP contribution in [0.15, 0.2) is 51.8 Å². The summed E-state index contributed by atoms with van der Waals surface area (Å²) < 4.78 is 1.94. The van der Waals surface area contributed by atoms with Crippen LogP contribution in [-0.2, 0) is 7.05 Å². The van der Waals surface area contributed by atoms with Crippen LogP contribution in [-0.4, -0.2) is 21.1 Å². The summed E-state index contributed by atoms with van der Waals surface area (Å²) in [4.78, 5) is 5.27. The first-order chi connectivity index (χ1) is 10.1. The number of hydrazone groups is 1. The topological polar surface area (TPSA) is 116 Å². The largest absolute Gasteiger partial charge is 0.382 e. The highest BCUT2D eigenvalue weighted by molar-refractivity contribution is 7.99. The van der Waals surface area contributed by atoms with Gasteiger partial charge in [-0.25, -0.2) is 4.98 Å². The number of hydrogen-bond acceptors (Lipinski definition) is 6. The summed E-state index contributed by atoms with van der Waals surface area (Å²) >= 11 is 1.55. The molecule has 7 nitrogen and oxygen atoms in total. The van der Waals surface area contributed by atoms with Crippen LogP contribution in [0.4, 0.5) is 5.69 Å². The maximum absolute atomic E-state index is 8.73. The molecule has 1 heterocycles. The fourth-order valence-electron chi connectivity index (χ4n) is 1.42. The second-order valence-electron chi connectivity index (χ2n) is 4.04. The van der Waals surface area contributed by atoms with E-state index in [9.17, 15) is 0 Å². The highest BCUT2D eigenvalue weighted by atomic mass is 32.2. The van der Waals surface area contributed by atoms with Crippen LogP contribution in [0.1, 0.15) is 0 Å². The minimum Gasteiger partial charge on any atom is -0.382 e. The minimum absolute atomic E-state index is 0.151. The molecule has 0 spiro atoms. The zero-order valence-corrected chi connectivity index (χ0v) is 12.1. The first-order valence-corrected chi connectivity index (χ1v) is 6.75. The molecule has 0 aliphatic rings. The summed E-state index contributed by atoms with van der Waals surface area (Å²) in [6.45, 7) is 0. The van der Waals surface area contributed by atoms with Gasteiger partial charge in [0.05, 0.1) is 5.69 Å². The summed E-state index contributed by atoms with van der Waals surface area (Å²) in [7, 11) is 1.94. The number of hydrogen-bond donors (Lipinski definition) is 3. The Bertz CT molecular complexity index is 709. The number of nitrogens with two attached hydrogens (primary N) is 1. The van der Waals surface area contributed by atoms with Gasteiger partial charge >= 0.3 is 0 Å². The van der Waals surface area contributed by atoms with Gasteiger partial charge in [-0.15, -0.1) is 0 Å². The van der Waals surface area contributed by atoms with E-state index in [1.807, 2.05) is 42.1 Å².